The van der Waals surface area contributed by atoms with Crippen LogP contribution in [-0.4, -0.2) is 26.2 Å². The molecule has 2 nitrogen and oxygen atoms in total. The van der Waals surface area contributed by atoms with E-state index in [1.807, 2.05) is 18.2 Å². The fourth-order valence-electron chi connectivity index (χ4n) is 1.55. The lowest BCUT2D eigenvalue weighted by atomic mass is 10.2. The molecule has 1 aromatic rings. The van der Waals surface area contributed by atoms with Gasteiger partial charge in [-0.05, 0) is 18.2 Å². The van der Waals surface area contributed by atoms with Crippen LogP contribution in [0.15, 0.2) is 18.2 Å². The fourth-order valence-corrected chi connectivity index (χ4v) is 1.84. The molecule has 0 bridgehead atoms. The third-order valence-corrected chi connectivity index (χ3v) is 3.06. The van der Waals surface area contributed by atoms with Gasteiger partial charge in [-0.25, -0.2) is 5.32 Å². The van der Waals surface area contributed by atoms with E-state index in [1.54, 1.807) is 0 Å². The molecule has 0 atom stereocenters. The number of benzene rings is 1. The maximum absolute atomic E-state index is 5.95. The lowest BCUT2D eigenvalue weighted by Gasteiger charge is -2.28. The van der Waals surface area contributed by atoms with Gasteiger partial charge >= 0.3 is 0 Å². The van der Waals surface area contributed by atoms with Gasteiger partial charge in [0, 0.05) is 31.9 Å². The van der Waals surface area contributed by atoms with E-state index in [4.69, 9.17) is 23.2 Å². The summed E-state index contributed by atoms with van der Waals surface area (Å²) in [5.74, 6) is 0. The summed E-state index contributed by atoms with van der Waals surface area (Å²) in [7, 11) is 0. The Hall–Kier alpha value is -0.440. The van der Waals surface area contributed by atoms with E-state index in [-0.39, 0.29) is 0 Å². The Balaban J connectivity index is 2.18. The van der Waals surface area contributed by atoms with E-state index in [2.05, 4.69) is 10.2 Å². The summed E-state index contributed by atoms with van der Waals surface area (Å²) in [6.07, 6.45) is 0. The smallest absolute Gasteiger partial charge is 0.0612 e. The maximum atomic E-state index is 5.95. The van der Waals surface area contributed by atoms with Gasteiger partial charge in [-0.2, -0.15) is 0 Å². The van der Waals surface area contributed by atoms with Crippen molar-refractivity contribution in [1.29, 1.82) is 0 Å². The average molecular weight is 230 g/mol. The quantitative estimate of drug-likeness (QED) is 0.724. The van der Waals surface area contributed by atoms with Gasteiger partial charge in [-0.15, -0.1) is 0 Å². The topological polar surface area (TPSA) is 17.3 Å². The van der Waals surface area contributed by atoms with E-state index in [0.717, 1.165) is 31.9 Å². The van der Waals surface area contributed by atoms with Crippen LogP contribution in [-0.2, 0) is 0 Å². The van der Waals surface area contributed by atoms with Gasteiger partial charge in [0.1, 0.15) is 0 Å². The highest BCUT2D eigenvalue weighted by Crippen LogP contribution is 2.27. The summed E-state index contributed by atoms with van der Waals surface area (Å²) in [6, 6.07) is 5.75. The van der Waals surface area contributed by atoms with Crippen molar-refractivity contribution in [2.75, 3.05) is 31.1 Å². The first-order chi connectivity index (χ1) is 6.77. The van der Waals surface area contributed by atoms with Crippen LogP contribution in [0.3, 0.4) is 0 Å². The number of halogens is 2. The molecule has 14 heavy (non-hydrogen) atoms. The Morgan fingerprint density at radius 2 is 1.79 bits per heavy atom. The third kappa shape index (κ3) is 2.14. The lowest BCUT2D eigenvalue weighted by molar-refractivity contribution is 0.579. The van der Waals surface area contributed by atoms with Crippen molar-refractivity contribution in [1.82, 2.24) is 5.32 Å². The predicted octanol–water partition coefficient (Wildman–Crippen LogP) is 2.42. The van der Waals surface area contributed by atoms with E-state index >= 15 is 0 Å². The summed E-state index contributed by atoms with van der Waals surface area (Å²) in [6.45, 7) is 3.75. The van der Waals surface area contributed by atoms with Crippen molar-refractivity contribution in [3.8, 4) is 0 Å². The molecule has 1 aliphatic heterocycles. The monoisotopic (exact) mass is 229 g/mol. The molecule has 0 spiro atoms. The number of rotatable bonds is 1. The Bertz CT molecular complexity index is 322. The second-order valence-corrected chi connectivity index (χ2v) is 4.07. The summed E-state index contributed by atoms with van der Waals surface area (Å²) in [5.41, 5.74) is 1.13. The van der Waals surface area contributed by atoms with Gasteiger partial charge in [-0.1, -0.05) is 23.2 Å². The van der Waals surface area contributed by atoms with Crippen molar-refractivity contribution in [2.24, 2.45) is 0 Å². The average Bonchev–Trinajstić information content (AvgIpc) is 2.23. The SMILES string of the molecule is Clc1ccc(N2CC[N]CC2)cc1Cl. The number of piperazine rings is 1. The molecule has 0 amide bonds. The summed E-state index contributed by atoms with van der Waals surface area (Å²) in [5, 5.41) is 5.52. The molecule has 0 aliphatic carbocycles. The van der Waals surface area contributed by atoms with Crippen molar-refractivity contribution >= 4 is 28.9 Å². The minimum Gasteiger partial charge on any atom is -0.369 e. The minimum atomic E-state index is 0.608. The first-order valence-electron chi connectivity index (χ1n) is 4.60. The van der Waals surface area contributed by atoms with Crippen molar-refractivity contribution in [3.05, 3.63) is 28.2 Å². The molecule has 1 heterocycles. The first kappa shape index (κ1) is 10.1. The molecule has 75 valence electrons. The molecular weight excluding hydrogens is 219 g/mol. The molecule has 0 unspecified atom stereocenters. The van der Waals surface area contributed by atoms with Crippen LogP contribution in [0, 0.1) is 0 Å². The van der Waals surface area contributed by atoms with E-state index in [1.165, 1.54) is 0 Å². The molecule has 1 radical (unpaired) electrons. The largest absolute Gasteiger partial charge is 0.369 e. The van der Waals surface area contributed by atoms with Gasteiger partial charge < -0.3 is 4.90 Å². The maximum Gasteiger partial charge on any atom is 0.0612 e. The molecule has 0 saturated carbocycles. The van der Waals surface area contributed by atoms with E-state index < -0.39 is 0 Å². The number of hydrogen-bond acceptors (Lipinski definition) is 1. The van der Waals surface area contributed by atoms with Crippen molar-refractivity contribution in [2.45, 2.75) is 0 Å². The van der Waals surface area contributed by atoms with Gasteiger partial charge in [0.05, 0.1) is 10.0 Å². The number of nitrogens with zero attached hydrogens (tertiary/aromatic N) is 2. The summed E-state index contributed by atoms with van der Waals surface area (Å²) >= 11 is 11.8. The molecule has 1 aliphatic rings. The molecule has 1 fully saturated rings. The Morgan fingerprint density at radius 1 is 1.07 bits per heavy atom. The number of hydrogen-bond donors (Lipinski definition) is 0. The predicted molar refractivity (Wildman–Crippen MR) is 60.5 cm³/mol. The van der Waals surface area contributed by atoms with Gasteiger partial charge in [0.15, 0.2) is 0 Å². The fraction of sp³-hybridized carbons (Fsp3) is 0.400. The van der Waals surface area contributed by atoms with E-state index in [9.17, 15) is 0 Å². The standard InChI is InChI=1S/C10H11Cl2N2/c11-9-2-1-8(7-10(9)12)14-5-3-13-4-6-14/h1-2,7H,3-6H2. The van der Waals surface area contributed by atoms with Crippen LogP contribution in [0.2, 0.25) is 10.0 Å². The van der Waals surface area contributed by atoms with E-state index in [0.29, 0.717) is 10.0 Å². The van der Waals surface area contributed by atoms with Crippen LogP contribution >= 0.6 is 23.2 Å². The van der Waals surface area contributed by atoms with Crippen molar-refractivity contribution < 1.29 is 0 Å². The van der Waals surface area contributed by atoms with Crippen molar-refractivity contribution in [3.63, 3.8) is 0 Å². The molecule has 1 saturated heterocycles. The Kier molecular flexibility index (Phi) is 3.16. The van der Waals surface area contributed by atoms with Gasteiger partial charge in [-0.3, -0.25) is 0 Å². The molecule has 2 rings (SSSR count). The van der Waals surface area contributed by atoms with Crippen LogP contribution in [0.1, 0.15) is 0 Å². The Morgan fingerprint density at radius 3 is 2.43 bits per heavy atom. The third-order valence-electron chi connectivity index (χ3n) is 2.32. The lowest BCUT2D eigenvalue weighted by Crippen LogP contribution is -2.40. The van der Waals surface area contributed by atoms with Crippen LogP contribution in [0.4, 0.5) is 5.69 Å². The molecule has 0 aromatic heterocycles. The molecule has 0 N–H and O–H groups in total. The highest BCUT2D eigenvalue weighted by atomic mass is 35.5. The minimum absolute atomic E-state index is 0.608. The number of anilines is 1. The summed E-state index contributed by atoms with van der Waals surface area (Å²) in [4.78, 5) is 2.27. The molecular formula is C10H11Cl2N2. The molecule has 1 aromatic carbocycles. The van der Waals surface area contributed by atoms with Crippen LogP contribution in [0.25, 0.3) is 0 Å². The second-order valence-electron chi connectivity index (χ2n) is 3.26. The van der Waals surface area contributed by atoms with Crippen LogP contribution in [0.5, 0.6) is 0 Å². The zero-order chi connectivity index (χ0) is 9.97. The van der Waals surface area contributed by atoms with Gasteiger partial charge in [0.25, 0.3) is 0 Å². The highest BCUT2D eigenvalue weighted by molar-refractivity contribution is 6.42. The first-order valence-corrected chi connectivity index (χ1v) is 5.36. The normalized spacial score (nSPS) is 17.1. The van der Waals surface area contributed by atoms with Gasteiger partial charge in [0.2, 0.25) is 0 Å². The Labute approximate surface area is 93.8 Å². The van der Waals surface area contributed by atoms with Crippen LogP contribution < -0.4 is 10.2 Å². The zero-order valence-corrected chi connectivity index (χ0v) is 9.22. The molecule has 4 heteroatoms. The summed E-state index contributed by atoms with van der Waals surface area (Å²) < 4.78 is 0. The second kappa shape index (κ2) is 4.39. The zero-order valence-electron chi connectivity index (χ0n) is 7.71. The highest BCUT2D eigenvalue weighted by Gasteiger charge is 2.11.